The number of fused-ring (bicyclic) bond motifs is 1. The molecule has 20 heavy (non-hydrogen) atoms. The molecule has 2 rings (SSSR count). The lowest BCUT2D eigenvalue weighted by Crippen LogP contribution is -2.17. The summed E-state index contributed by atoms with van der Waals surface area (Å²) in [5, 5.41) is 15.9. The van der Waals surface area contributed by atoms with E-state index >= 15 is 0 Å². The van der Waals surface area contributed by atoms with Crippen LogP contribution < -0.4 is 5.32 Å². The van der Waals surface area contributed by atoms with E-state index < -0.39 is 5.97 Å². The molecule has 2 heterocycles. The van der Waals surface area contributed by atoms with E-state index in [2.05, 4.69) is 15.5 Å². The normalized spacial score (nSPS) is 12.3. The molecule has 0 saturated carbocycles. The standard InChI is InChI=1S/C13H15N3O4/c1-7(4-12(18)19)3-11(17)15-9-5-10-8(2)16-20-13(10)14-6-9/h5-7H,3-4H2,1-2H3,(H,15,17)(H,18,19). The van der Waals surface area contributed by atoms with Crippen LogP contribution in [0.15, 0.2) is 16.8 Å². The Kier molecular flexibility index (Phi) is 3.97. The molecule has 0 fully saturated rings. The van der Waals surface area contributed by atoms with E-state index in [1.807, 2.05) is 0 Å². The Morgan fingerprint density at radius 3 is 2.90 bits per heavy atom. The van der Waals surface area contributed by atoms with E-state index in [1.54, 1.807) is 19.9 Å². The summed E-state index contributed by atoms with van der Waals surface area (Å²) in [6.45, 7) is 3.51. The summed E-state index contributed by atoms with van der Waals surface area (Å²) in [6.07, 6.45) is 1.59. The third kappa shape index (κ3) is 3.31. The van der Waals surface area contributed by atoms with Gasteiger partial charge in [0.15, 0.2) is 0 Å². The number of carboxylic acid groups (broad SMARTS) is 1. The largest absolute Gasteiger partial charge is 0.481 e. The molecule has 1 unspecified atom stereocenters. The van der Waals surface area contributed by atoms with Gasteiger partial charge in [-0.1, -0.05) is 12.1 Å². The van der Waals surface area contributed by atoms with Gasteiger partial charge in [-0.3, -0.25) is 9.59 Å². The molecule has 0 aromatic carbocycles. The lowest BCUT2D eigenvalue weighted by atomic mass is 10.0. The van der Waals surface area contributed by atoms with Crippen molar-refractivity contribution < 1.29 is 19.2 Å². The molecule has 0 spiro atoms. The van der Waals surface area contributed by atoms with Crippen molar-refractivity contribution in [1.82, 2.24) is 10.1 Å². The van der Waals surface area contributed by atoms with Crippen molar-refractivity contribution in [3.8, 4) is 0 Å². The first kappa shape index (κ1) is 14.0. The van der Waals surface area contributed by atoms with Crippen LogP contribution in [-0.4, -0.2) is 27.1 Å². The van der Waals surface area contributed by atoms with Crippen molar-refractivity contribution in [2.75, 3.05) is 5.32 Å². The maximum atomic E-state index is 11.8. The zero-order chi connectivity index (χ0) is 14.7. The van der Waals surface area contributed by atoms with E-state index in [9.17, 15) is 9.59 Å². The molecule has 2 N–H and O–H groups in total. The molecule has 0 saturated heterocycles. The maximum Gasteiger partial charge on any atom is 0.303 e. The Labute approximate surface area is 115 Å². The third-order valence-corrected chi connectivity index (χ3v) is 2.85. The number of carbonyl (C=O) groups excluding carboxylic acids is 1. The van der Waals surface area contributed by atoms with Gasteiger partial charge in [0, 0.05) is 12.8 Å². The van der Waals surface area contributed by atoms with Gasteiger partial charge in [-0.25, -0.2) is 4.98 Å². The number of nitrogens with zero attached hydrogens (tertiary/aromatic N) is 2. The van der Waals surface area contributed by atoms with Gasteiger partial charge in [0.05, 0.1) is 23.0 Å². The van der Waals surface area contributed by atoms with Crippen LogP contribution in [0, 0.1) is 12.8 Å². The molecule has 7 nitrogen and oxygen atoms in total. The maximum absolute atomic E-state index is 11.8. The van der Waals surface area contributed by atoms with E-state index in [0.29, 0.717) is 17.1 Å². The third-order valence-electron chi connectivity index (χ3n) is 2.85. The van der Waals surface area contributed by atoms with Crippen molar-refractivity contribution in [2.24, 2.45) is 5.92 Å². The van der Waals surface area contributed by atoms with Gasteiger partial charge in [0.1, 0.15) is 0 Å². The second-order valence-electron chi connectivity index (χ2n) is 4.80. The van der Waals surface area contributed by atoms with Crippen LogP contribution >= 0.6 is 0 Å². The van der Waals surface area contributed by atoms with Gasteiger partial charge >= 0.3 is 5.97 Å². The monoisotopic (exact) mass is 277 g/mol. The molecule has 0 aliphatic carbocycles. The number of hydrogen-bond donors (Lipinski definition) is 2. The lowest BCUT2D eigenvalue weighted by molar-refractivity contribution is -0.138. The average Bonchev–Trinajstić information content (AvgIpc) is 2.69. The number of anilines is 1. The number of amides is 1. The minimum atomic E-state index is -0.909. The van der Waals surface area contributed by atoms with E-state index in [0.717, 1.165) is 5.39 Å². The van der Waals surface area contributed by atoms with Crippen LogP contribution in [0.3, 0.4) is 0 Å². The molecule has 106 valence electrons. The minimum absolute atomic E-state index is 0.0323. The molecular formula is C13H15N3O4. The Balaban J connectivity index is 2.02. The number of nitrogens with one attached hydrogen (secondary N) is 1. The zero-order valence-electron chi connectivity index (χ0n) is 11.2. The van der Waals surface area contributed by atoms with Crippen molar-refractivity contribution in [2.45, 2.75) is 26.7 Å². The topological polar surface area (TPSA) is 105 Å². The summed E-state index contributed by atoms with van der Waals surface area (Å²) in [5.41, 5.74) is 1.65. The summed E-state index contributed by atoms with van der Waals surface area (Å²) in [6, 6.07) is 1.73. The number of aromatic nitrogens is 2. The van der Waals surface area contributed by atoms with Crippen LogP contribution in [0.4, 0.5) is 5.69 Å². The van der Waals surface area contributed by atoms with Gasteiger partial charge in [0.25, 0.3) is 5.71 Å². The highest BCUT2D eigenvalue weighted by atomic mass is 16.5. The molecule has 0 aliphatic heterocycles. The van der Waals surface area contributed by atoms with Crippen molar-refractivity contribution >= 4 is 28.7 Å². The predicted octanol–water partition coefficient (Wildman–Crippen LogP) is 1.97. The SMILES string of the molecule is Cc1noc2ncc(NC(=O)CC(C)CC(=O)O)cc12. The fourth-order valence-electron chi connectivity index (χ4n) is 1.91. The smallest absolute Gasteiger partial charge is 0.303 e. The van der Waals surface area contributed by atoms with Gasteiger partial charge in [-0.05, 0) is 18.9 Å². The molecule has 7 heteroatoms. The quantitative estimate of drug-likeness (QED) is 0.865. The lowest BCUT2D eigenvalue weighted by Gasteiger charge is -2.09. The average molecular weight is 277 g/mol. The van der Waals surface area contributed by atoms with Gasteiger partial charge in [-0.15, -0.1) is 0 Å². The first-order valence-corrected chi connectivity index (χ1v) is 6.19. The molecule has 1 amide bonds. The van der Waals surface area contributed by atoms with Crippen LogP contribution in [0.25, 0.3) is 11.1 Å². The van der Waals surface area contributed by atoms with E-state index in [4.69, 9.17) is 9.63 Å². The number of aryl methyl sites for hydroxylation is 1. The molecule has 0 aliphatic rings. The van der Waals surface area contributed by atoms with Crippen molar-refractivity contribution in [3.63, 3.8) is 0 Å². The first-order chi connectivity index (χ1) is 9.45. The van der Waals surface area contributed by atoms with E-state index in [-0.39, 0.29) is 24.7 Å². The van der Waals surface area contributed by atoms with Crippen molar-refractivity contribution in [3.05, 3.63) is 18.0 Å². The van der Waals surface area contributed by atoms with Crippen LogP contribution in [0.5, 0.6) is 0 Å². The number of carboxylic acids is 1. The Morgan fingerprint density at radius 1 is 1.45 bits per heavy atom. The fourth-order valence-corrected chi connectivity index (χ4v) is 1.91. The summed E-state index contributed by atoms with van der Waals surface area (Å²) in [7, 11) is 0. The first-order valence-electron chi connectivity index (χ1n) is 6.19. The molecule has 1 atom stereocenters. The number of hydrogen-bond acceptors (Lipinski definition) is 5. The summed E-state index contributed by atoms with van der Waals surface area (Å²) >= 11 is 0. The highest BCUT2D eigenvalue weighted by Crippen LogP contribution is 2.20. The second kappa shape index (κ2) is 5.68. The molecule has 2 aromatic rings. The summed E-state index contributed by atoms with van der Waals surface area (Å²) in [4.78, 5) is 26.4. The zero-order valence-corrected chi connectivity index (χ0v) is 11.2. The van der Waals surface area contributed by atoms with Gasteiger partial charge < -0.3 is 14.9 Å². The Hall–Kier alpha value is -2.44. The highest BCUT2D eigenvalue weighted by molar-refractivity contribution is 5.93. The minimum Gasteiger partial charge on any atom is -0.481 e. The van der Waals surface area contributed by atoms with Gasteiger partial charge in [-0.2, -0.15) is 0 Å². The molecule has 0 bridgehead atoms. The highest BCUT2D eigenvalue weighted by Gasteiger charge is 2.13. The number of aliphatic carboxylic acids is 1. The van der Waals surface area contributed by atoms with E-state index in [1.165, 1.54) is 6.20 Å². The molecule has 0 radical (unpaired) electrons. The summed E-state index contributed by atoms with van der Waals surface area (Å²) in [5.74, 6) is -1.37. The molecule has 2 aromatic heterocycles. The Bertz CT molecular complexity index is 650. The fraction of sp³-hybridized carbons (Fsp3) is 0.385. The molecular weight excluding hydrogens is 262 g/mol. The number of carbonyl (C=O) groups is 2. The summed E-state index contributed by atoms with van der Waals surface area (Å²) < 4.78 is 4.98. The number of pyridine rings is 1. The number of rotatable bonds is 5. The van der Waals surface area contributed by atoms with Crippen LogP contribution in [0.1, 0.15) is 25.5 Å². The van der Waals surface area contributed by atoms with Crippen LogP contribution in [0.2, 0.25) is 0 Å². The Morgan fingerprint density at radius 2 is 2.20 bits per heavy atom. The van der Waals surface area contributed by atoms with Crippen LogP contribution in [-0.2, 0) is 9.59 Å². The second-order valence-corrected chi connectivity index (χ2v) is 4.80. The van der Waals surface area contributed by atoms with Gasteiger partial charge in [0.2, 0.25) is 5.91 Å². The predicted molar refractivity (Wildman–Crippen MR) is 71.2 cm³/mol. The van der Waals surface area contributed by atoms with Crippen molar-refractivity contribution in [1.29, 1.82) is 0 Å².